The van der Waals surface area contributed by atoms with E-state index in [4.69, 9.17) is 4.74 Å². The topological polar surface area (TPSA) is 52.0 Å². The molecule has 0 aliphatic heterocycles. The Hall–Kier alpha value is -0.940. The second-order valence-electron chi connectivity index (χ2n) is 3.23. The predicted molar refractivity (Wildman–Crippen MR) is 53.9 cm³/mol. The van der Waals surface area contributed by atoms with Crippen LogP contribution in [0.15, 0.2) is 6.20 Å². The first-order valence-electron chi connectivity index (χ1n) is 4.79. The average Bonchev–Trinajstić information content (AvgIpc) is 2.61. The molecule has 0 spiro atoms. The smallest absolute Gasteiger partial charge is 0.0779 e. The fraction of sp³-hybridized carbons (Fsp3) is 0.778. The Morgan fingerprint density at radius 1 is 1.64 bits per heavy atom. The minimum absolute atomic E-state index is 0.144. The summed E-state index contributed by atoms with van der Waals surface area (Å²) >= 11 is 0. The summed E-state index contributed by atoms with van der Waals surface area (Å²) in [6.07, 6.45) is 2.87. The molecule has 5 heteroatoms. The molecule has 0 radical (unpaired) electrons. The van der Waals surface area contributed by atoms with Crippen molar-refractivity contribution in [3.63, 3.8) is 0 Å². The Balaban J connectivity index is 2.86. The van der Waals surface area contributed by atoms with E-state index in [0.717, 1.165) is 12.1 Å². The second-order valence-corrected chi connectivity index (χ2v) is 3.23. The molecule has 1 aromatic rings. The number of rotatable bonds is 5. The van der Waals surface area contributed by atoms with E-state index >= 15 is 0 Å². The normalized spacial score (nSPS) is 15.4. The van der Waals surface area contributed by atoms with Crippen molar-refractivity contribution in [1.29, 1.82) is 0 Å². The fourth-order valence-corrected chi connectivity index (χ4v) is 1.64. The SMILES string of the molecule is CCC(OC)C(NC)c1cnnn1C. The number of nitrogens with zero attached hydrogens (tertiary/aromatic N) is 3. The van der Waals surface area contributed by atoms with Crippen LogP contribution in [-0.4, -0.2) is 35.3 Å². The van der Waals surface area contributed by atoms with E-state index in [2.05, 4.69) is 22.6 Å². The molecular weight excluding hydrogens is 180 g/mol. The van der Waals surface area contributed by atoms with Crippen LogP contribution in [0, 0.1) is 0 Å². The molecule has 80 valence electrons. The van der Waals surface area contributed by atoms with Crippen molar-refractivity contribution < 1.29 is 4.74 Å². The van der Waals surface area contributed by atoms with E-state index < -0.39 is 0 Å². The van der Waals surface area contributed by atoms with Crippen molar-refractivity contribution in [2.75, 3.05) is 14.2 Å². The van der Waals surface area contributed by atoms with E-state index in [1.54, 1.807) is 18.0 Å². The number of nitrogens with one attached hydrogen (secondary N) is 1. The predicted octanol–water partition coefficient (Wildman–Crippen LogP) is 0.501. The first-order valence-corrected chi connectivity index (χ1v) is 4.79. The Bertz CT molecular complexity index is 270. The molecule has 2 unspecified atom stereocenters. The number of aryl methyl sites for hydroxylation is 1. The van der Waals surface area contributed by atoms with Crippen LogP contribution in [0.1, 0.15) is 25.1 Å². The standard InChI is InChI=1S/C9H18N4O/c1-5-8(14-4)9(10-2)7-6-11-12-13(7)3/h6,8-10H,5H2,1-4H3. The van der Waals surface area contributed by atoms with Crippen LogP contribution in [0.25, 0.3) is 0 Å². The highest BCUT2D eigenvalue weighted by molar-refractivity contribution is 5.04. The Morgan fingerprint density at radius 3 is 2.71 bits per heavy atom. The van der Waals surface area contributed by atoms with Gasteiger partial charge < -0.3 is 10.1 Å². The summed E-state index contributed by atoms with van der Waals surface area (Å²) in [5.74, 6) is 0. The van der Waals surface area contributed by atoms with Gasteiger partial charge in [-0.05, 0) is 13.5 Å². The number of aromatic nitrogens is 3. The molecular formula is C9H18N4O. The van der Waals surface area contributed by atoms with Gasteiger partial charge >= 0.3 is 0 Å². The molecule has 1 heterocycles. The number of hydrogen-bond donors (Lipinski definition) is 1. The van der Waals surface area contributed by atoms with Crippen molar-refractivity contribution >= 4 is 0 Å². The molecule has 2 atom stereocenters. The zero-order chi connectivity index (χ0) is 10.6. The maximum Gasteiger partial charge on any atom is 0.0779 e. The third kappa shape index (κ3) is 2.10. The molecule has 0 aromatic carbocycles. The highest BCUT2D eigenvalue weighted by Crippen LogP contribution is 2.18. The first kappa shape index (κ1) is 11.1. The Morgan fingerprint density at radius 2 is 2.36 bits per heavy atom. The molecule has 0 aliphatic rings. The number of likely N-dealkylation sites (N-methyl/N-ethyl adjacent to an activating group) is 1. The molecule has 0 saturated carbocycles. The Labute approximate surface area is 84.4 Å². The van der Waals surface area contributed by atoms with E-state index in [1.807, 2.05) is 14.1 Å². The summed E-state index contributed by atoms with van der Waals surface area (Å²) in [6.45, 7) is 2.10. The zero-order valence-electron chi connectivity index (χ0n) is 9.19. The van der Waals surface area contributed by atoms with Crippen molar-refractivity contribution in [2.24, 2.45) is 7.05 Å². The van der Waals surface area contributed by atoms with Gasteiger partial charge in [-0.15, -0.1) is 5.10 Å². The molecule has 1 rings (SSSR count). The molecule has 14 heavy (non-hydrogen) atoms. The van der Waals surface area contributed by atoms with Crippen LogP contribution in [0.5, 0.6) is 0 Å². The van der Waals surface area contributed by atoms with Gasteiger partial charge in [0.05, 0.1) is 24.0 Å². The van der Waals surface area contributed by atoms with Gasteiger partial charge in [-0.3, -0.25) is 4.68 Å². The van der Waals surface area contributed by atoms with Crippen LogP contribution >= 0.6 is 0 Å². The lowest BCUT2D eigenvalue weighted by molar-refractivity contribution is 0.0651. The number of hydrogen-bond acceptors (Lipinski definition) is 4. The molecule has 1 N–H and O–H groups in total. The van der Waals surface area contributed by atoms with Crippen LogP contribution in [-0.2, 0) is 11.8 Å². The van der Waals surface area contributed by atoms with Crippen molar-refractivity contribution in [1.82, 2.24) is 20.3 Å². The number of methoxy groups -OCH3 is 1. The van der Waals surface area contributed by atoms with Crippen LogP contribution < -0.4 is 5.32 Å². The summed E-state index contributed by atoms with van der Waals surface area (Å²) < 4.78 is 7.17. The largest absolute Gasteiger partial charge is 0.379 e. The lowest BCUT2D eigenvalue weighted by atomic mass is 10.1. The lowest BCUT2D eigenvalue weighted by Crippen LogP contribution is -2.32. The monoisotopic (exact) mass is 198 g/mol. The third-order valence-electron chi connectivity index (χ3n) is 2.46. The summed E-state index contributed by atoms with van der Waals surface area (Å²) in [4.78, 5) is 0. The van der Waals surface area contributed by atoms with Gasteiger partial charge in [0.25, 0.3) is 0 Å². The van der Waals surface area contributed by atoms with E-state index in [1.165, 1.54) is 0 Å². The summed E-state index contributed by atoms with van der Waals surface area (Å²) in [5, 5.41) is 11.0. The van der Waals surface area contributed by atoms with Gasteiger partial charge in [0.15, 0.2) is 0 Å². The fourth-order valence-electron chi connectivity index (χ4n) is 1.64. The first-order chi connectivity index (χ1) is 6.74. The minimum Gasteiger partial charge on any atom is -0.379 e. The van der Waals surface area contributed by atoms with Gasteiger partial charge in [-0.2, -0.15) is 0 Å². The van der Waals surface area contributed by atoms with Crippen molar-refractivity contribution in [2.45, 2.75) is 25.5 Å². The van der Waals surface area contributed by atoms with Crippen molar-refractivity contribution in [3.05, 3.63) is 11.9 Å². The number of ether oxygens (including phenoxy) is 1. The van der Waals surface area contributed by atoms with Crippen molar-refractivity contribution in [3.8, 4) is 0 Å². The van der Waals surface area contributed by atoms with Gasteiger partial charge in [0.2, 0.25) is 0 Å². The average molecular weight is 198 g/mol. The summed E-state index contributed by atoms with van der Waals surface area (Å²) in [7, 11) is 5.52. The zero-order valence-corrected chi connectivity index (χ0v) is 9.19. The second kappa shape index (κ2) is 5.07. The van der Waals surface area contributed by atoms with E-state index in [0.29, 0.717) is 0 Å². The van der Waals surface area contributed by atoms with Crippen LogP contribution in [0.2, 0.25) is 0 Å². The highest BCUT2D eigenvalue weighted by Gasteiger charge is 2.22. The lowest BCUT2D eigenvalue weighted by Gasteiger charge is -2.24. The molecule has 0 saturated heterocycles. The quantitative estimate of drug-likeness (QED) is 0.748. The molecule has 0 fully saturated rings. The molecule has 0 bridgehead atoms. The molecule has 1 aromatic heterocycles. The minimum atomic E-state index is 0.144. The van der Waals surface area contributed by atoms with Gasteiger partial charge in [0.1, 0.15) is 0 Å². The molecule has 0 amide bonds. The van der Waals surface area contributed by atoms with Gasteiger partial charge in [-0.25, -0.2) is 0 Å². The van der Waals surface area contributed by atoms with Gasteiger partial charge in [0, 0.05) is 14.2 Å². The summed E-state index contributed by atoms with van der Waals surface area (Å²) in [5.41, 5.74) is 1.04. The summed E-state index contributed by atoms with van der Waals surface area (Å²) in [6, 6.07) is 0.144. The van der Waals surface area contributed by atoms with Gasteiger partial charge in [-0.1, -0.05) is 12.1 Å². The van der Waals surface area contributed by atoms with E-state index in [9.17, 15) is 0 Å². The van der Waals surface area contributed by atoms with E-state index in [-0.39, 0.29) is 12.1 Å². The van der Waals surface area contributed by atoms with Crippen LogP contribution in [0.4, 0.5) is 0 Å². The van der Waals surface area contributed by atoms with Crippen LogP contribution in [0.3, 0.4) is 0 Å². The third-order valence-corrected chi connectivity index (χ3v) is 2.46. The highest BCUT2D eigenvalue weighted by atomic mass is 16.5. The molecule has 0 aliphatic carbocycles. The maximum atomic E-state index is 5.40. The molecule has 5 nitrogen and oxygen atoms in total. The maximum absolute atomic E-state index is 5.40. The Kier molecular flexibility index (Phi) is 4.03.